The summed E-state index contributed by atoms with van der Waals surface area (Å²) in [5, 5.41) is 15.3. The molecule has 120 valence electrons. The van der Waals surface area contributed by atoms with Crippen LogP contribution in [-0.2, 0) is 24.6 Å². The highest BCUT2D eigenvalue weighted by atomic mass is 79.9. The average molecular weight is 360 g/mol. The Balaban J connectivity index is 2.13. The van der Waals surface area contributed by atoms with Gasteiger partial charge in [-0.3, -0.25) is 9.58 Å². The average Bonchev–Trinajstić information content (AvgIpc) is 2.75. The molecule has 2 rings (SSSR count). The predicted molar refractivity (Wildman–Crippen MR) is 86.5 cm³/mol. The van der Waals surface area contributed by atoms with Gasteiger partial charge in [0, 0.05) is 32.1 Å². The summed E-state index contributed by atoms with van der Waals surface area (Å²) in [7, 11) is 1.94. The molecule has 0 bridgehead atoms. The Morgan fingerprint density at radius 3 is 2.52 bits per heavy atom. The standard InChI is InChI=1S/C15H26BrN3O2/c1-5-11-14(16)12(18(4)17-11)10-13(20)15(2,3)19-6-8-21-9-7-19/h13,20H,5-10H2,1-4H3. The van der Waals surface area contributed by atoms with Crippen molar-refractivity contribution in [1.29, 1.82) is 0 Å². The molecule has 5 nitrogen and oxygen atoms in total. The van der Waals surface area contributed by atoms with E-state index in [-0.39, 0.29) is 5.54 Å². The molecule has 1 aliphatic heterocycles. The minimum Gasteiger partial charge on any atom is -0.391 e. The van der Waals surface area contributed by atoms with E-state index in [9.17, 15) is 5.11 Å². The van der Waals surface area contributed by atoms with Gasteiger partial charge in [-0.15, -0.1) is 0 Å². The van der Waals surface area contributed by atoms with Gasteiger partial charge in [-0.2, -0.15) is 5.10 Å². The second kappa shape index (κ2) is 6.77. The summed E-state index contributed by atoms with van der Waals surface area (Å²) in [6.07, 6.45) is 1.03. The molecule has 1 unspecified atom stereocenters. The van der Waals surface area contributed by atoms with Crippen molar-refractivity contribution in [3.8, 4) is 0 Å². The maximum atomic E-state index is 10.8. The number of aryl methyl sites for hydroxylation is 2. The van der Waals surface area contributed by atoms with Gasteiger partial charge in [-0.25, -0.2) is 0 Å². The Kier molecular flexibility index (Phi) is 5.46. The number of aliphatic hydroxyl groups is 1. The van der Waals surface area contributed by atoms with E-state index in [1.54, 1.807) is 0 Å². The van der Waals surface area contributed by atoms with Gasteiger partial charge in [-0.05, 0) is 36.2 Å². The minimum atomic E-state index is -0.452. The number of aliphatic hydroxyl groups excluding tert-OH is 1. The third kappa shape index (κ3) is 3.50. The van der Waals surface area contributed by atoms with E-state index in [4.69, 9.17) is 4.74 Å². The molecule has 1 aromatic heterocycles. The Morgan fingerprint density at radius 2 is 2.00 bits per heavy atom. The molecule has 0 amide bonds. The Hall–Kier alpha value is -0.430. The van der Waals surface area contributed by atoms with Crippen molar-refractivity contribution >= 4 is 15.9 Å². The summed E-state index contributed by atoms with van der Waals surface area (Å²) < 4.78 is 8.31. The number of ether oxygens (including phenoxy) is 1. The molecular weight excluding hydrogens is 334 g/mol. The van der Waals surface area contributed by atoms with Crippen LogP contribution in [0.15, 0.2) is 4.47 Å². The lowest BCUT2D eigenvalue weighted by atomic mass is 9.91. The zero-order chi connectivity index (χ0) is 15.6. The van der Waals surface area contributed by atoms with Crippen molar-refractivity contribution < 1.29 is 9.84 Å². The summed E-state index contributed by atoms with van der Waals surface area (Å²) in [4.78, 5) is 2.31. The number of hydrogen-bond acceptors (Lipinski definition) is 4. The van der Waals surface area contributed by atoms with E-state index in [0.29, 0.717) is 6.42 Å². The maximum absolute atomic E-state index is 10.8. The van der Waals surface area contributed by atoms with Crippen LogP contribution in [-0.4, -0.2) is 57.7 Å². The highest BCUT2D eigenvalue weighted by molar-refractivity contribution is 9.10. The Bertz CT molecular complexity index is 482. The van der Waals surface area contributed by atoms with E-state index >= 15 is 0 Å². The summed E-state index contributed by atoms with van der Waals surface area (Å²) in [5.74, 6) is 0. The fourth-order valence-electron chi connectivity index (χ4n) is 2.82. The van der Waals surface area contributed by atoms with E-state index in [1.165, 1.54) is 0 Å². The second-order valence-corrected chi connectivity index (χ2v) is 6.95. The van der Waals surface area contributed by atoms with E-state index in [0.717, 1.165) is 48.6 Å². The van der Waals surface area contributed by atoms with E-state index in [1.807, 2.05) is 11.7 Å². The van der Waals surface area contributed by atoms with Crippen LogP contribution < -0.4 is 0 Å². The van der Waals surface area contributed by atoms with Crippen molar-refractivity contribution in [2.45, 2.75) is 45.3 Å². The number of rotatable bonds is 5. The van der Waals surface area contributed by atoms with Crippen molar-refractivity contribution in [3.63, 3.8) is 0 Å². The molecule has 1 N–H and O–H groups in total. The highest BCUT2D eigenvalue weighted by Gasteiger charge is 2.36. The first-order chi connectivity index (χ1) is 9.87. The lowest BCUT2D eigenvalue weighted by molar-refractivity contribution is -0.0616. The lowest BCUT2D eigenvalue weighted by Crippen LogP contribution is -2.56. The van der Waals surface area contributed by atoms with E-state index in [2.05, 4.69) is 46.7 Å². The molecule has 1 atom stereocenters. The van der Waals surface area contributed by atoms with Gasteiger partial charge in [0.05, 0.1) is 35.2 Å². The summed E-state index contributed by atoms with van der Waals surface area (Å²) in [6, 6.07) is 0. The lowest BCUT2D eigenvalue weighted by Gasteiger charge is -2.43. The van der Waals surface area contributed by atoms with Crippen LogP contribution >= 0.6 is 15.9 Å². The number of morpholine rings is 1. The normalized spacial score (nSPS) is 19.0. The molecule has 1 aromatic rings. The summed E-state index contributed by atoms with van der Waals surface area (Å²) in [6.45, 7) is 9.53. The van der Waals surface area contributed by atoms with Gasteiger partial charge < -0.3 is 9.84 Å². The van der Waals surface area contributed by atoms with Crippen LogP contribution in [0.5, 0.6) is 0 Å². The van der Waals surface area contributed by atoms with Gasteiger partial charge >= 0.3 is 0 Å². The van der Waals surface area contributed by atoms with Gasteiger partial charge in [0.15, 0.2) is 0 Å². The molecule has 1 saturated heterocycles. The highest BCUT2D eigenvalue weighted by Crippen LogP contribution is 2.27. The summed E-state index contributed by atoms with van der Waals surface area (Å²) >= 11 is 3.63. The van der Waals surface area contributed by atoms with Crippen molar-refractivity contribution in [3.05, 3.63) is 15.9 Å². The molecule has 2 heterocycles. The molecule has 1 aliphatic rings. The number of aromatic nitrogens is 2. The molecule has 0 aromatic carbocycles. The van der Waals surface area contributed by atoms with Crippen LogP contribution in [0, 0.1) is 0 Å². The van der Waals surface area contributed by atoms with Gasteiger partial charge in [-0.1, -0.05) is 6.92 Å². The molecule has 1 fully saturated rings. The fourth-order valence-corrected chi connectivity index (χ4v) is 3.60. The molecule has 0 spiro atoms. The van der Waals surface area contributed by atoms with E-state index < -0.39 is 6.10 Å². The third-order valence-corrected chi connectivity index (χ3v) is 5.45. The fraction of sp³-hybridized carbons (Fsp3) is 0.800. The summed E-state index contributed by atoms with van der Waals surface area (Å²) in [5.41, 5.74) is 1.82. The molecule has 0 saturated carbocycles. The van der Waals surface area contributed by atoms with Crippen LogP contribution in [0.25, 0.3) is 0 Å². The van der Waals surface area contributed by atoms with Gasteiger partial charge in [0.25, 0.3) is 0 Å². The van der Waals surface area contributed by atoms with Crippen molar-refractivity contribution in [1.82, 2.24) is 14.7 Å². The molecule has 0 aliphatic carbocycles. The largest absolute Gasteiger partial charge is 0.391 e. The minimum absolute atomic E-state index is 0.278. The van der Waals surface area contributed by atoms with Crippen LogP contribution in [0.3, 0.4) is 0 Å². The predicted octanol–water partition coefficient (Wildman–Crippen LogP) is 1.76. The third-order valence-electron chi connectivity index (χ3n) is 4.53. The van der Waals surface area contributed by atoms with Crippen LogP contribution in [0.1, 0.15) is 32.2 Å². The van der Waals surface area contributed by atoms with Crippen LogP contribution in [0.2, 0.25) is 0 Å². The smallest absolute Gasteiger partial charge is 0.0774 e. The van der Waals surface area contributed by atoms with Gasteiger partial charge in [0.2, 0.25) is 0 Å². The monoisotopic (exact) mass is 359 g/mol. The topological polar surface area (TPSA) is 50.5 Å². The molecule has 0 radical (unpaired) electrons. The molecular formula is C15H26BrN3O2. The van der Waals surface area contributed by atoms with Crippen LogP contribution in [0.4, 0.5) is 0 Å². The SMILES string of the molecule is CCc1nn(C)c(CC(O)C(C)(C)N2CCOCC2)c1Br. The maximum Gasteiger partial charge on any atom is 0.0774 e. The first-order valence-electron chi connectivity index (χ1n) is 7.59. The van der Waals surface area contributed by atoms with Gasteiger partial charge in [0.1, 0.15) is 0 Å². The van der Waals surface area contributed by atoms with Crippen molar-refractivity contribution in [2.75, 3.05) is 26.3 Å². The Labute approximate surface area is 135 Å². The zero-order valence-corrected chi connectivity index (χ0v) is 15.0. The first-order valence-corrected chi connectivity index (χ1v) is 8.38. The first kappa shape index (κ1) is 16.9. The zero-order valence-electron chi connectivity index (χ0n) is 13.4. The number of nitrogens with zero attached hydrogens (tertiary/aromatic N) is 3. The molecule has 21 heavy (non-hydrogen) atoms. The Morgan fingerprint density at radius 1 is 1.38 bits per heavy atom. The number of halogens is 1. The van der Waals surface area contributed by atoms with Crippen molar-refractivity contribution in [2.24, 2.45) is 7.05 Å². The second-order valence-electron chi connectivity index (χ2n) is 6.16. The quantitative estimate of drug-likeness (QED) is 0.870. The molecule has 6 heteroatoms. The number of hydrogen-bond donors (Lipinski definition) is 1.